The van der Waals surface area contributed by atoms with Gasteiger partial charge in [-0.3, -0.25) is 9.69 Å². The van der Waals surface area contributed by atoms with E-state index in [-0.39, 0.29) is 5.78 Å². The van der Waals surface area contributed by atoms with Crippen LogP contribution in [0.15, 0.2) is 60.7 Å². The summed E-state index contributed by atoms with van der Waals surface area (Å²) in [5.74, 6) is -0.109. The van der Waals surface area contributed by atoms with E-state index in [0.29, 0.717) is 12.1 Å². The Balaban J connectivity index is 2.26. The van der Waals surface area contributed by atoms with E-state index in [2.05, 4.69) is 0 Å². The second kappa shape index (κ2) is 7.97. The monoisotopic (exact) mass is 339 g/mol. The van der Waals surface area contributed by atoms with Crippen molar-refractivity contribution in [1.82, 2.24) is 4.90 Å². The molecule has 0 bridgehead atoms. The van der Waals surface area contributed by atoms with Gasteiger partial charge in [0.05, 0.1) is 6.04 Å². The molecule has 2 aromatic carbocycles. The summed E-state index contributed by atoms with van der Waals surface area (Å²) in [6, 6.07) is 18.0. The molecule has 0 heterocycles. The van der Waals surface area contributed by atoms with Gasteiger partial charge in [0.15, 0.2) is 5.78 Å². The summed E-state index contributed by atoms with van der Waals surface area (Å²) in [6.07, 6.45) is -0.492. The summed E-state index contributed by atoms with van der Waals surface area (Å²) in [5.41, 5.74) is 0.902. The molecule has 25 heavy (non-hydrogen) atoms. The van der Waals surface area contributed by atoms with Gasteiger partial charge in [0.2, 0.25) is 0 Å². The van der Waals surface area contributed by atoms with E-state index in [9.17, 15) is 9.59 Å². The van der Waals surface area contributed by atoms with Crippen LogP contribution in [0.2, 0.25) is 0 Å². The minimum atomic E-state index is -0.627. The van der Waals surface area contributed by atoms with Crippen LogP contribution >= 0.6 is 0 Å². The van der Waals surface area contributed by atoms with Crippen molar-refractivity contribution in [2.75, 3.05) is 0 Å². The molecular weight excluding hydrogens is 314 g/mol. The number of Topliss-reactive ketones (excluding diaryl/α,β-unsaturated/α-hetero) is 1. The number of amides is 1. The highest BCUT2D eigenvalue weighted by Gasteiger charge is 2.30. The molecule has 0 spiro atoms. The number of hydrogen-bond acceptors (Lipinski definition) is 3. The van der Waals surface area contributed by atoms with Crippen LogP contribution in [0, 0.1) is 0 Å². The van der Waals surface area contributed by atoms with Crippen molar-refractivity contribution in [2.45, 2.75) is 45.9 Å². The Hall–Kier alpha value is -2.62. The van der Waals surface area contributed by atoms with E-state index in [0.717, 1.165) is 5.56 Å². The first-order chi connectivity index (χ1) is 11.8. The highest BCUT2D eigenvalue weighted by atomic mass is 16.6. The zero-order valence-electron chi connectivity index (χ0n) is 15.2. The standard InChI is InChI=1S/C21H25NO3/c1-16(19(23)18-13-9-6-10-14-18)22(20(24)25-21(2,3)4)15-17-11-7-5-8-12-17/h5-14,16H,15H2,1-4H3/t16-/m0/s1. The number of carbonyl (C=O) groups excluding carboxylic acids is 2. The van der Waals surface area contributed by atoms with Crippen molar-refractivity contribution in [3.05, 3.63) is 71.8 Å². The minimum Gasteiger partial charge on any atom is -0.444 e. The molecule has 0 unspecified atom stereocenters. The SMILES string of the molecule is C[C@@H](C(=O)c1ccccc1)N(Cc1ccccc1)C(=O)OC(C)(C)C. The molecule has 2 rings (SSSR count). The van der Waals surface area contributed by atoms with Crippen molar-refractivity contribution < 1.29 is 14.3 Å². The zero-order valence-corrected chi connectivity index (χ0v) is 15.2. The van der Waals surface area contributed by atoms with Gasteiger partial charge in [-0.15, -0.1) is 0 Å². The first-order valence-corrected chi connectivity index (χ1v) is 8.41. The first-order valence-electron chi connectivity index (χ1n) is 8.41. The number of rotatable bonds is 5. The summed E-state index contributed by atoms with van der Waals surface area (Å²) in [4.78, 5) is 27.0. The maximum atomic E-state index is 12.8. The van der Waals surface area contributed by atoms with Crippen molar-refractivity contribution >= 4 is 11.9 Å². The fraction of sp³-hybridized carbons (Fsp3) is 0.333. The van der Waals surface area contributed by atoms with Gasteiger partial charge in [0.25, 0.3) is 0 Å². The number of hydrogen-bond donors (Lipinski definition) is 0. The number of ether oxygens (including phenoxy) is 1. The lowest BCUT2D eigenvalue weighted by Crippen LogP contribution is -2.45. The number of nitrogens with zero attached hydrogens (tertiary/aromatic N) is 1. The molecule has 1 atom stereocenters. The lowest BCUT2D eigenvalue weighted by Gasteiger charge is -2.31. The van der Waals surface area contributed by atoms with Crippen LogP contribution < -0.4 is 0 Å². The van der Waals surface area contributed by atoms with E-state index in [1.54, 1.807) is 19.1 Å². The Morgan fingerprint density at radius 2 is 1.48 bits per heavy atom. The lowest BCUT2D eigenvalue weighted by atomic mass is 10.0. The van der Waals surface area contributed by atoms with Crippen LogP contribution in [-0.4, -0.2) is 28.4 Å². The summed E-state index contributed by atoms with van der Waals surface area (Å²) < 4.78 is 5.51. The normalized spacial score (nSPS) is 12.3. The van der Waals surface area contributed by atoms with Gasteiger partial charge in [-0.05, 0) is 33.3 Å². The second-order valence-electron chi connectivity index (χ2n) is 7.00. The largest absolute Gasteiger partial charge is 0.444 e. The van der Waals surface area contributed by atoms with Gasteiger partial charge < -0.3 is 4.74 Å². The molecule has 0 aromatic heterocycles. The molecule has 1 amide bonds. The maximum Gasteiger partial charge on any atom is 0.411 e. The molecule has 0 radical (unpaired) electrons. The van der Waals surface area contributed by atoms with Gasteiger partial charge in [-0.1, -0.05) is 60.7 Å². The molecule has 0 fully saturated rings. The van der Waals surface area contributed by atoms with Crippen LogP contribution in [0.1, 0.15) is 43.6 Å². The molecule has 0 saturated carbocycles. The Kier molecular flexibility index (Phi) is 5.97. The third-order valence-electron chi connectivity index (χ3n) is 3.73. The van der Waals surface area contributed by atoms with Gasteiger partial charge in [0, 0.05) is 12.1 Å². The average Bonchev–Trinajstić information content (AvgIpc) is 2.58. The highest BCUT2D eigenvalue weighted by molar-refractivity contribution is 6.01. The van der Waals surface area contributed by atoms with E-state index in [1.165, 1.54) is 4.90 Å². The predicted molar refractivity (Wildman–Crippen MR) is 98.5 cm³/mol. The van der Waals surface area contributed by atoms with Crippen LogP contribution in [0.5, 0.6) is 0 Å². The third-order valence-corrected chi connectivity index (χ3v) is 3.73. The molecular formula is C21H25NO3. The predicted octanol–water partition coefficient (Wildman–Crippen LogP) is 4.70. The van der Waals surface area contributed by atoms with E-state index in [1.807, 2.05) is 69.3 Å². The first kappa shape index (κ1) is 18.7. The van der Waals surface area contributed by atoms with E-state index < -0.39 is 17.7 Å². The Morgan fingerprint density at radius 1 is 0.960 bits per heavy atom. The number of carbonyl (C=O) groups is 2. The molecule has 4 heteroatoms. The van der Waals surface area contributed by atoms with Crippen molar-refractivity contribution in [3.63, 3.8) is 0 Å². The highest BCUT2D eigenvalue weighted by Crippen LogP contribution is 2.18. The zero-order chi connectivity index (χ0) is 18.4. The molecule has 0 aliphatic heterocycles. The van der Waals surface area contributed by atoms with Crippen molar-refractivity contribution in [1.29, 1.82) is 0 Å². The fourth-order valence-corrected chi connectivity index (χ4v) is 2.45. The van der Waals surface area contributed by atoms with Gasteiger partial charge in [0.1, 0.15) is 5.60 Å². The molecule has 0 aliphatic carbocycles. The summed E-state index contributed by atoms with van der Waals surface area (Å²) in [5, 5.41) is 0. The quantitative estimate of drug-likeness (QED) is 0.742. The van der Waals surface area contributed by atoms with Crippen LogP contribution in [0.25, 0.3) is 0 Å². The number of ketones is 1. The third kappa shape index (κ3) is 5.45. The fourth-order valence-electron chi connectivity index (χ4n) is 2.45. The molecule has 4 nitrogen and oxygen atoms in total. The van der Waals surface area contributed by atoms with Crippen LogP contribution in [0.4, 0.5) is 4.79 Å². The minimum absolute atomic E-state index is 0.109. The Morgan fingerprint density at radius 3 is 2.00 bits per heavy atom. The van der Waals surface area contributed by atoms with Gasteiger partial charge in [-0.25, -0.2) is 4.79 Å². The van der Waals surface area contributed by atoms with Crippen molar-refractivity contribution in [2.24, 2.45) is 0 Å². The van der Waals surface area contributed by atoms with Crippen LogP contribution in [0.3, 0.4) is 0 Å². The maximum absolute atomic E-state index is 12.8. The smallest absolute Gasteiger partial charge is 0.411 e. The Labute approximate surface area is 149 Å². The molecule has 132 valence electrons. The average molecular weight is 339 g/mol. The lowest BCUT2D eigenvalue weighted by molar-refractivity contribution is 0.0156. The van der Waals surface area contributed by atoms with Crippen molar-refractivity contribution in [3.8, 4) is 0 Å². The van der Waals surface area contributed by atoms with E-state index >= 15 is 0 Å². The van der Waals surface area contributed by atoms with Crippen LogP contribution in [-0.2, 0) is 11.3 Å². The molecule has 0 saturated heterocycles. The topological polar surface area (TPSA) is 46.6 Å². The molecule has 0 aliphatic rings. The molecule has 0 N–H and O–H groups in total. The second-order valence-corrected chi connectivity index (χ2v) is 7.00. The summed E-state index contributed by atoms with van der Waals surface area (Å²) in [7, 11) is 0. The Bertz CT molecular complexity index is 705. The van der Waals surface area contributed by atoms with Gasteiger partial charge in [-0.2, -0.15) is 0 Å². The summed E-state index contributed by atoms with van der Waals surface area (Å²) >= 11 is 0. The van der Waals surface area contributed by atoms with Gasteiger partial charge >= 0.3 is 6.09 Å². The molecule has 2 aromatic rings. The van der Waals surface area contributed by atoms with E-state index in [4.69, 9.17) is 4.74 Å². The summed E-state index contributed by atoms with van der Waals surface area (Å²) in [6.45, 7) is 7.50. The number of benzene rings is 2.